The highest BCUT2D eigenvalue weighted by Gasteiger charge is 2.19. The molecular formula is C12H13BrFNO2. The normalized spacial score (nSPS) is 15.8. The maximum atomic E-state index is 13.5. The Bertz CT molecular complexity index is 419. The quantitative estimate of drug-likeness (QED) is 0.793. The monoisotopic (exact) mass is 301 g/mol. The number of hydrogen-bond acceptors (Lipinski definition) is 2. The molecule has 0 aliphatic carbocycles. The summed E-state index contributed by atoms with van der Waals surface area (Å²) in [5.74, 6) is -0.562. The Morgan fingerprint density at radius 1 is 1.29 bits per heavy atom. The van der Waals surface area contributed by atoms with Gasteiger partial charge in [-0.05, 0) is 37.5 Å². The second-order valence-corrected chi connectivity index (χ2v) is 4.91. The third kappa shape index (κ3) is 3.19. The predicted molar refractivity (Wildman–Crippen MR) is 65.5 cm³/mol. The Morgan fingerprint density at radius 2 is 2.00 bits per heavy atom. The van der Waals surface area contributed by atoms with Crippen molar-refractivity contribution in [2.75, 3.05) is 13.1 Å². The van der Waals surface area contributed by atoms with Crippen molar-refractivity contribution in [2.24, 2.45) is 0 Å². The molecule has 1 aromatic carbocycles. The molecule has 0 N–H and O–H groups in total. The van der Waals surface area contributed by atoms with E-state index in [0.29, 0.717) is 17.6 Å². The van der Waals surface area contributed by atoms with Gasteiger partial charge in [0.25, 0.3) is 0 Å². The van der Waals surface area contributed by atoms with Crippen LogP contribution in [0.3, 0.4) is 0 Å². The number of hydrogen-bond donors (Lipinski definition) is 0. The van der Waals surface area contributed by atoms with Gasteiger partial charge >= 0.3 is 6.09 Å². The first-order valence-corrected chi connectivity index (χ1v) is 6.38. The summed E-state index contributed by atoms with van der Waals surface area (Å²) in [4.78, 5) is 13.3. The van der Waals surface area contributed by atoms with Crippen molar-refractivity contribution in [1.82, 2.24) is 4.90 Å². The van der Waals surface area contributed by atoms with Crippen LogP contribution >= 0.6 is 15.9 Å². The van der Waals surface area contributed by atoms with E-state index in [9.17, 15) is 9.18 Å². The lowest BCUT2D eigenvalue weighted by Gasteiger charge is -2.25. The van der Waals surface area contributed by atoms with Crippen LogP contribution < -0.4 is 4.74 Å². The molecule has 0 aromatic heterocycles. The molecule has 2 rings (SSSR count). The van der Waals surface area contributed by atoms with Crippen LogP contribution in [0.5, 0.6) is 5.75 Å². The minimum absolute atomic E-state index is 0.0243. The lowest BCUT2D eigenvalue weighted by atomic mass is 10.1. The zero-order valence-corrected chi connectivity index (χ0v) is 10.9. The minimum atomic E-state index is -0.537. The van der Waals surface area contributed by atoms with Gasteiger partial charge in [0.15, 0.2) is 11.6 Å². The van der Waals surface area contributed by atoms with Gasteiger partial charge in [-0.2, -0.15) is 0 Å². The van der Waals surface area contributed by atoms with Crippen LogP contribution in [-0.4, -0.2) is 24.1 Å². The minimum Gasteiger partial charge on any atom is -0.407 e. The maximum absolute atomic E-state index is 13.5. The van der Waals surface area contributed by atoms with Crippen molar-refractivity contribution in [1.29, 1.82) is 0 Å². The number of carbonyl (C=O) groups excluding carboxylic acids is 1. The van der Waals surface area contributed by atoms with Crippen LogP contribution in [0.4, 0.5) is 9.18 Å². The highest BCUT2D eigenvalue weighted by atomic mass is 79.9. The van der Waals surface area contributed by atoms with Crippen LogP contribution in [0.15, 0.2) is 22.7 Å². The standard InChI is InChI=1S/C12H13BrFNO2/c13-9-4-5-11(10(14)8-9)17-12(16)15-6-2-1-3-7-15/h4-5,8H,1-3,6-7H2. The van der Waals surface area contributed by atoms with E-state index in [1.165, 1.54) is 12.1 Å². The van der Waals surface area contributed by atoms with Gasteiger partial charge in [0, 0.05) is 17.6 Å². The fraction of sp³-hybridized carbons (Fsp3) is 0.417. The molecule has 17 heavy (non-hydrogen) atoms. The van der Waals surface area contributed by atoms with Crippen molar-refractivity contribution < 1.29 is 13.9 Å². The smallest absolute Gasteiger partial charge is 0.407 e. The van der Waals surface area contributed by atoms with Crippen molar-refractivity contribution in [3.05, 3.63) is 28.5 Å². The third-order valence-electron chi connectivity index (χ3n) is 2.71. The van der Waals surface area contributed by atoms with Crippen molar-refractivity contribution in [2.45, 2.75) is 19.3 Å². The molecule has 0 unspecified atom stereocenters. The van der Waals surface area contributed by atoms with Crippen molar-refractivity contribution in [3.8, 4) is 5.75 Å². The van der Waals surface area contributed by atoms with Gasteiger partial charge in [0.05, 0.1) is 0 Å². The van der Waals surface area contributed by atoms with Gasteiger partial charge in [-0.1, -0.05) is 15.9 Å². The SMILES string of the molecule is O=C(Oc1ccc(Br)cc1F)N1CCCCC1. The molecular weight excluding hydrogens is 289 g/mol. The molecule has 0 bridgehead atoms. The number of nitrogens with zero attached hydrogens (tertiary/aromatic N) is 1. The molecule has 3 nitrogen and oxygen atoms in total. The molecule has 5 heteroatoms. The van der Waals surface area contributed by atoms with Gasteiger partial charge in [0.2, 0.25) is 0 Å². The molecule has 1 aliphatic rings. The number of carbonyl (C=O) groups is 1. The average molecular weight is 302 g/mol. The van der Waals surface area contributed by atoms with Crippen molar-refractivity contribution in [3.63, 3.8) is 0 Å². The van der Waals surface area contributed by atoms with Gasteiger partial charge in [-0.3, -0.25) is 0 Å². The summed E-state index contributed by atoms with van der Waals surface area (Å²) in [5, 5.41) is 0. The summed E-state index contributed by atoms with van der Waals surface area (Å²) in [6, 6.07) is 4.36. The van der Waals surface area contributed by atoms with Gasteiger partial charge in [-0.25, -0.2) is 9.18 Å². The fourth-order valence-corrected chi connectivity index (χ4v) is 2.13. The van der Waals surface area contributed by atoms with Crippen LogP contribution in [0.25, 0.3) is 0 Å². The van der Waals surface area contributed by atoms with E-state index < -0.39 is 11.9 Å². The number of piperidine rings is 1. The summed E-state index contributed by atoms with van der Waals surface area (Å²) in [6.07, 6.45) is 2.64. The first-order valence-electron chi connectivity index (χ1n) is 5.58. The summed E-state index contributed by atoms with van der Waals surface area (Å²) in [6.45, 7) is 1.38. The summed E-state index contributed by atoms with van der Waals surface area (Å²) >= 11 is 3.15. The molecule has 0 atom stereocenters. The van der Waals surface area contributed by atoms with E-state index in [-0.39, 0.29) is 5.75 Å². The number of ether oxygens (including phenoxy) is 1. The van der Waals surface area contributed by atoms with E-state index in [2.05, 4.69) is 15.9 Å². The molecule has 0 saturated carbocycles. The highest BCUT2D eigenvalue weighted by molar-refractivity contribution is 9.10. The molecule has 1 fully saturated rings. The number of halogens is 2. The Kier molecular flexibility index (Phi) is 3.99. The second-order valence-electron chi connectivity index (χ2n) is 3.99. The predicted octanol–water partition coefficient (Wildman–Crippen LogP) is 3.57. The number of likely N-dealkylation sites (tertiary alicyclic amines) is 1. The third-order valence-corrected chi connectivity index (χ3v) is 3.20. The van der Waals surface area contributed by atoms with Gasteiger partial charge in [0.1, 0.15) is 0 Å². The topological polar surface area (TPSA) is 29.5 Å². The molecule has 0 spiro atoms. The molecule has 1 heterocycles. The Hall–Kier alpha value is -1.10. The largest absolute Gasteiger partial charge is 0.415 e. The first kappa shape index (κ1) is 12.4. The van der Waals surface area contributed by atoms with Crippen LogP contribution in [-0.2, 0) is 0 Å². The lowest BCUT2D eigenvalue weighted by molar-refractivity contribution is 0.141. The fourth-order valence-electron chi connectivity index (χ4n) is 1.79. The van der Waals surface area contributed by atoms with E-state index in [0.717, 1.165) is 19.3 Å². The van der Waals surface area contributed by atoms with E-state index in [1.807, 2.05) is 0 Å². The number of benzene rings is 1. The molecule has 0 radical (unpaired) electrons. The van der Waals surface area contributed by atoms with Crippen LogP contribution in [0, 0.1) is 5.82 Å². The van der Waals surface area contributed by atoms with E-state index >= 15 is 0 Å². The second kappa shape index (κ2) is 5.49. The number of rotatable bonds is 1. The Morgan fingerprint density at radius 3 is 2.65 bits per heavy atom. The lowest BCUT2D eigenvalue weighted by Crippen LogP contribution is -2.37. The summed E-state index contributed by atoms with van der Waals surface area (Å²) < 4.78 is 19.1. The van der Waals surface area contributed by atoms with E-state index in [1.54, 1.807) is 11.0 Å². The average Bonchev–Trinajstić information content (AvgIpc) is 2.34. The molecule has 92 valence electrons. The molecule has 1 amide bonds. The van der Waals surface area contributed by atoms with Crippen molar-refractivity contribution >= 4 is 22.0 Å². The van der Waals surface area contributed by atoms with Crippen LogP contribution in [0.2, 0.25) is 0 Å². The van der Waals surface area contributed by atoms with Gasteiger partial charge < -0.3 is 9.64 Å². The Balaban J connectivity index is 2.02. The molecule has 1 aromatic rings. The van der Waals surface area contributed by atoms with E-state index in [4.69, 9.17) is 4.74 Å². The maximum Gasteiger partial charge on any atom is 0.415 e. The first-order chi connectivity index (χ1) is 8.16. The zero-order chi connectivity index (χ0) is 12.3. The van der Waals surface area contributed by atoms with Crippen LogP contribution in [0.1, 0.15) is 19.3 Å². The zero-order valence-electron chi connectivity index (χ0n) is 9.29. The summed E-state index contributed by atoms with van der Waals surface area (Å²) in [5.41, 5.74) is 0. The Labute approximate surface area is 108 Å². The molecule has 1 aliphatic heterocycles. The highest BCUT2D eigenvalue weighted by Crippen LogP contribution is 2.22. The summed E-state index contributed by atoms with van der Waals surface area (Å²) in [7, 11) is 0. The molecule has 1 saturated heterocycles. The van der Waals surface area contributed by atoms with Gasteiger partial charge in [-0.15, -0.1) is 0 Å². The number of amides is 1.